The van der Waals surface area contributed by atoms with Crippen LogP contribution in [0.1, 0.15) is 42.5 Å². The Kier molecular flexibility index (Phi) is 6.55. The molecule has 2 aliphatic rings. The van der Waals surface area contributed by atoms with Crippen LogP contribution in [0.2, 0.25) is 0 Å². The number of nitrogens with zero attached hydrogens (tertiary/aromatic N) is 2. The number of amides is 1. The molecule has 0 bridgehead atoms. The minimum Gasteiger partial charge on any atom is -0.436 e. The number of aromatic nitrogens is 1. The first-order chi connectivity index (χ1) is 16.3. The summed E-state index contributed by atoms with van der Waals surface area (Å²) in [6.07, 6.45) is 7.65. The van der Waals surface area contributed by atoms with Crippen molar-refractivity contribution in [1.82, 2.24) is 15.2 Å². The Labute approximate surface area is 195 Å². The van der Waals surface area contributed by atoms with Crippen molar-refractivity contribution in [2.24, 2.45) is 0 Å². The van der Waals surface area contributed by atoms with Crippen LogP contribution < -0.4 is 5.32 Å². The van der Waals surface area contributed by atoms with Gasteiger partial charge in [-0.25, -0.2) is 4.98 Å². The minimum atomic E-state index is -0.0803. The van der Waals surface area contributed by atoms with Crippen LogP contribution in [0, 0.1) is 0 Å². The lowest BCUT2D eigenvalue weighted by Crippen LogP contribution is -2.59. The average molecular weight is 446 g/mol. The third kappa shape index (κ3) is 4.72. The van der Waals surface area contributed by atoms with E-state index in [4.69, 9.17) is 9.15 Å². The van der Waals surface area contributed by atoms with Gasteiger partial charge in [0.2, 0.25) is 5.89 Å². The standard InChI is InChI=1S/C27H31N3O3/c31-25(29-20-27(13-7-2-8-14-27)30-15-17-32-18-16-30)22-11-5-6-12-23(22)26-28-19-24(33-26)21-9-3-1-4-10-21/h1,3-6,9-12,19H,2,7-8,13-18,20H2,(H,29,31). The van der Waals surface area contributed by atoms with Gasteiger partial charge in [0.1, 0.15) is 0 Å². The summed E-state index contributed by atoms with van der Waals surface area (Å²) in [7, 11) is 0. The smallest absolute Gasteiger partial charge is 0.252 e. The highest BCUT2D eigenvalue weighted by Crippen LogP contribution is 2.34. The fourth-order valence-electron chi connectivity index (χ4n) is 5.19. The molecule has 33 heavy (non-hydrogen) atoms. The van der Waals surface area contributed by atoms with Crippen LogP contribution >= 0.6 is 0 Å². The van der Waals surface area contributed by atoms with Gasteiger partial charge in [-0.2, -0.15) is 0 Å². The van der Waals surface area contributed by atoms with E-state index in [-0.39, 0.29) is 11.4 Å². The lowest BCUT2D eigenvalue weighted by molar-refractivity contribution is -0.0361. The second-order valence-corrected chi connectivity index (χ2v) is 9.01. The monoisotopic (exact) mass is 445 g/mol. The van der Waals surface area contributed by atoms with Gasteiger partial charge in [-0.05, 0) is 25.0 Å². The number of carbonyl (C=O) groups excluding carboxylic acids is 1. The molecule has 1 saturated carbocycles. The maximum atomic E-state index is 13.4. The molecule has 3 aromatic rings. The van der Waals surface area contributed by atoms with Gasteiger partial charge in [0.05, 0.1) is 25.0 Å². The zero-order valence-electron chi connectivity index (χ0n) is 19.0. The molecule has 1 amide bonds. The number of ether oxygens (including phenoxy) is 1. The Balaban J connectivity index is 1.35. The van der Waals surface area contributed by atoms with E-state index in [2.05, 4.69) is 15.2 Å². The molecule has 0 unspecified atom stereocenters. The fraction of sp³-hybridized carbons (Fsp3) is 0.407. The highest BCUT2D eigenvalue weighted by Gasteiger charge is 2.39. The van der Waals surface area contributed by atoms with Crippen molar-refractivity contribution in [2.45, 2.75) is 37.6 Å². The second-order valence-electron chi connectivity index (χ2n) is 9.01. The Morgan fingerprint density at radius 2 is 1.70 bits per heavy atom. The summed E-state index contributed by atoms with van der Waals surface area (Å²) < 4.78 is 11.6. The van der Waals surface area contributed by atoms with E-state index in [9.17, 15) is 4.79 Å². The first kappa shape index (κ1) is 21.9. The molecule has 0 atom stereocenters. The van der Waals surface area contributed by atoms with E-state index in [0.29, 0.717) is 29.3 Å². The maximum absolute atomic E-state index is 13.4. The summed E-state index contributed by atoms with van der Waals surface area (Å²) >= 11 is 0. The number of morpholine rings is 1. The largest absolute Gasteiger partial charge is 0.436 e. The number of benzene rings is 2. The molecular formula is C27H31N3O3. The number of carbonyl (C=O) groups is 1. The number of hydrogen-bond acceptors (Lipinski definition) is 5. The Bertz CT molecular complexity index is 1070. The van der Waals surface area contributed by atoms with Crippen LogP contribution in [0.5, 0.6) is 0 Å². The Morgan fingerprint density at radius 3 is 2.48 bits per heavy atom. The lowest BCUT2D eigenvalue weighted by atomic mass is 9.79. The first-order valence-electron chi connectivity index (χ1n) is 12.0. The topological polar surface area (TPSA) is 67.6 Å². The second kappa shape index (κ2) is 9.89. The van der Waals surface area contributed by atoms with E-state index < -0.39 is 0 Å². The summed E-state index contributed by atoms with van der Waals surface area (Å²) in [6, 6.07) is 17.4. The van der Waals surface area contributed by atoms with Crippen molar-refractivity contribution in [3.8, 4) is 22.8 Å². The minimum absolute atomic E-state index is 0.0239. The summed E-state index contributed by atoms with van der Waals surface area (Å²) in [5.74, 6) is 1.07. The normalized spacial score (nSPS) is 18.7. The molecule has 6 heteroatoms. The molecule has 6 nitrogen and oxygen atoms in total. The van der Waals surface area contributed by atoms with Gasteiger partial charge in [-0.15, -0.1) is 0 Å². The summed E-state index contributed by atoms with van der Waals surface area (Å²) in [4.78, 5) is 20.4. The SMILES string of the molecule is O=C(NCC1(N2CCOCC2)CCCCC1)c1ccccc1-c1ncc(-c2ccccc2)o1. The molecule has 0 spiro atoms. The number of rotatable bonds is 6. The third-order valence-electron chi connectivity index (χ3n) is 7.01. The molecule has 5 rings (SSSR count). The van der Waals surface area contributed by atoms with Crippen LogP contribution in [0.15, 0.2) is 65.2 Å². The summed E-state index contributed by atoms with van der Waals surface area (Å²) in [5.41, 5.74) is 2.28. The Hall–Kier alpha value is -2.96. The van der Waals surface area contributed by atoms with E-state index in [1.165, 1.54) is 19.3 Å². The van der Waals surface area contributed by atoms with E-state index >= 15 is 0 Å². The fourth-order valence-corrected chi connectivity index (χ4v) is 5.19. The highest BCUT2D eigenvalue weighted by molar-refractivity contribution is 6.00. The molecule has 2 heterocycles. The summed E-state index contributed by atoms with van der Waals surface area (Å²) in [5, 5.41) is 3.26. The molecule has 1 saturated heterocycles. The van der Waals surface area contributed by atoms with Gasteiger partial charge in [0, 0.05) is 36.3 Å². The van der Waals surface area contributed by atoms with Crippen molar-refractivity contribution in [2.75, 3.05) is 32.8 Å². The van der Waals surface area contributed by atoms with Gasteiger partial charge in [0.15, 0.2) is 5.76 Å². The third-order valence-corrected chi connectivity index (χ3v) is 7.01. The first-order valence-corrected chi connectivity index (χ1v) is 12.0. The molecule has 1 aliphatic carbocycles. The van der Waals surface area contributed by atoms with Crippen molar-refractivity contribution in [3.05, 3.63) is 66.4 Å². The number of nitrogens with one attached hydrogen (secondary N) is 1. The highest BCUT2D eigenvalue weighted by atomic mass is 16.5. The molecule has 0 radical (unpaired) electrons. The molecule has 2 fully saturated rings. The molecule has 2 aromatic carbocycles. The van der Waals surface area contributed by atoms with Gasteiger partial charge in [-0.3, -0.25) is 9.69 Å². The van der Waals surface area contributed by atoms with Crippen LogP contribution in [0.3, 0.4) is 0 Å². The van der Waals surface area contributed by atoms with Crippen molar-refractivity contribution in [1.29, 1.82) is 0 Å². The zero-order chi connectivity index (χ0) is 22.5. The molecular weight excluding hydrogens is 414 g/mol. The van der Waals surface area contributed by atoms with Gasteiger partial charge >= 0.3 is 0 Å². The lowest BCUT2D eigenvalue weighted by Gasteiger charge is -2.48. The summed E-state index contributed by atoms with van der Waals surface area (Å²) in [6.45, 7) is 4.07. The predicted molar refractivity (Wildman–Crippen MR) is 128 cm³/mol. The van der Waals surface area contributed by atoms with E-state index in [1.807, 2.05) is 54.6 Å². The van der Waals surface area contributed by atoms with Crippen molar-refractivity contribution >= 4 is 5.91 Å². The predicted octanol–water partition coefficient (Wildman–Crippen LogP) is 4.77. The molecule has 1 aliphatic heterocycles. The van der Waals surface area contributed by atoms with E-state index in [1.54, 1.807) is 6.20 Å². The quantitative estimate of drug-likeness (QED) is 0.592. The Morgan fingerprint density at radius 1 is 0.970 bits per heavy atom. The van der Waals surface area contributed by atoms with Gasteiger partial charge < -0.3 is 14.5 Å². The number of hydrogen-bond donors (Lipinski definition) is 1. The molecule has 172 valence electrons. The van der Waals surface area contributed by atoms with Crippen LogP contribution in [0.25, 0.3) is 22.8 Å². The van der Waals surface area contributed by atoms with Gasteiger partial charge in [0.25, 0.3) is 5.91 Å². The van der Waals surface area contributed by atoms with E-state index in [0.717, 1.165) is 44.7 Å². The van der Waals surface area contributed by atoms with Crippen LogP contribution in [-0.2, 0) is 4.74 Å². The van der Waals surface area contributed by atoms with Crippen molar-refractivity contribution in [3.63, 3.8) is 0 Å². The average Bonchev–Trinajstić information content (AvgIpc) is 3.39. The van der Waals surface area contributed by atoms with Crippen molar-refractivity contribution < 1.29 is 13.9 Å². The van der Waals surface area contributed by atoms with Crippen LogP contribution in [0.4, 0.5) is 0 Å². The molecule has 1 N–H and O–H groups in total. The zero-order valence-corrected chi connectivity index (χ0v) is 19.0. The number of oxazole rings is 1. The molecule has 1 aromatic heterocycles. The van der Waals surface area contributed by atoms with Gasteiger partial charge in [-0.1, -0.05) is 61.7 Å². The maximum Gasteiger partial charge on any atom is 0.252 e. The van der Waals surface area contributed by atoms with Crippen LogP contribution in [-0.4, -0.2) is 54.2 Å².